The number of carbonyl (C=O) groups excluding carboxylic acids is 1. The zero-order valence-corrected chi connectivity index (χ0v) is 19.8. The smallest absolute Gasteiger partial charge is 0.256 e. The molecule has 0 aliphatic heterocycles. The molecule has 0 bridgehead atoms. The maximum atomic E-state index is 13.0. The van der Waals surface area contributed by atoms with Crippen LogP contribution < -0.4 is 10.6 Å². The molecule has 4 rings (SSSR count). The Morgan fingerprint density at radius 1 is 0.939 bits per heavy atom. The van der Waals surface area contributed by atoms with Crippen molar-refractivity contribution in [3.8, 4) is 0 Å². The highest BCUT2D eigenvalue weighted by Crippen LogP contribution is 2.29. The van der Waals surface area contributed by atoms with Crippen LogP contribution >= 0.6 is 11.8 Å². The molecule has 0 radical (unpaired) electrons. The first-order chi connectivity index (χ1) is 16.0. The van der Waals surface area contributed by atoms with Crippen LogP contribution in [0.25, 0.3) is 0 Å². The molecule has 0 saturated heterocycles. The zero-order chi connectivity index (χ0) is 23.2. The maximum Gasteiger partial charge on any atom is 0.256 e. The second-order valence-corrected chi connectivity index (χ2v) is 8.91. The molecule has 6 heteroatoms. The molecule has 0 unspecified atom stereocenters. The van der Waals surface area contributed by atoms with Crippen molar-refractivity contribution in [1.82, 2.24) is 5.16 Å². The summed E-state index contributed by atoms with van der Waals surface area (Å²) in [6.07, 6.45) is 0. The van der Waals surface area contributed by atoms with E-state index in [4.69, 9.17) is 4.52 Å². The highest BCUT2D eigenvalue weighted by molar-refractivity contribution is 7.98. The number of hydrogen-bond donors (Lipinski definition) is 2. The fraction of sp³-hybridized carbons (Fsp3) is 0.185. The summed E-state index contributed by atoms with van der Waals surface area (Å²) >= 11 is 1.61. The maximum absolute atomic E-state index is 13.0. The standard InChI is InChI=1S/C27H27N3O2S/c1-18(21-9-5-4-6-10-21)28-22-13-15-23(16-14-22)29-27(31)24-11-7-8-12-26(24)33-17-25-19(2)30-32-20(25)3/h4-16,18,28H,17H2,1-3H3,(H,29,31)/t18-/m0/s1. The number of rotatable bonds is 8. The molecule has 33 heavy (non-hydrogen) atoms. The second kappa shape index (κ2) is 10.4. The Morgan fingerprint density at radius 2 is 1.61 bits per heavy atom. The third kappa shape index (κ3) is 5.65. The first kappa shape index (κ1) is 22.7. The molecule has 3 aromatic carbocycles. The van der Waals surface area contributed by atoms with Crippen LogP contribution in [0.1, 0.15) is 45.9 Å². The molecule has 168 valence electrons. The summed E-state index contributed by atoms with van der Waals surface area (Å²) in [7, 11) is 0. The van der Waals surface area contributed by atoms with Crippen LogP contribution in [-0.4, -0.2) is 11.1 Å². The Hall–Kier alpha value is -3.51. The third-order valence-corrected chi connectivity index (χ3v) is 6.61. The molecule has 1 aromatic heterocycles. The summed E-state index contributed by atoms with van der Waals surface area (Å²) < 4.78 is 5.25. The third-order valence-electron chi connectivity index (χ3n) is 5.51. The van der Waals surface area contributed by atoms with Gasteiger partial charge in [0.25, 0.3) is 5.91 Å². The normalized spacial score (nSPS) is 11.7. The highest BCUT2D eigenvalue weighted by Gasteiger charge is 2.15. The van der Waals surface area contributed by atoms with Crippen molar-refractivity contribution in [2.75, 3.05) is 10.6 Å². The van der Waals surface area contributed by atoms with Crippen LogP contribution in [-0.2, 0) is 5.75 Å². The van der Waals surface area contributed by atoms with E-state index in [1.807, 2.05) is 80.6 Å². The summed E-state index contributed by atoms with van der Waals surface area (Å²) in [4.78, 5) is 13.9. The number of hydrogen-bond acceptors (Lipinski definition) is 5. The number of amides is 1. The average Bonchev–Trinajstić information content (AvgIpc) is 3.16. The van der Waals surface area contributed by atoms with E-state index in [1.54, 1.807) is 11.8 Å². The van der Waals surface area contributed by atoms with Crippen molar-refractivity contribution >= 4 is 29.0 Å². The lowest BCUT2D eigenvalue weighted by molar-refractivity contribution is 0.102. The first-order valence-electron chi connectivity index (χ1n) is 10.9. The summed E-state index contributed by atoms with van der Waals surface area (Å²) in [5.41, 5.74) is 5.58. The average molecular weight is 458 g/mol. The fourth-order valence-electron chi connectivity index (χ4n) is 3.56. The predicted molar refractivity (Wildman–Crippen MR) is 135 cm³/mol. The lowest BCUT2D eigenvalue weighted by Gasteiger charge is -2.16. The molecule has 1 heterocycles. The SMILES string of the molecule is Cc1noc(C)c1CSc1ccccc1C(=O)Nc1ccc(N[C@@H](C)c2ccccc2)cc1. The van der Waals surface area contributed by atoms with Gasteiger partial charge in [-0.15, -0.1) is 11.8 Å². The van der Waals surface area contributed by atoms with Gasteiger partial charge in [-0.25, -0.2) is 0 Å². The van der Waals surface area contributed by atoms with Gasteiger partial charge in [0.2, 0.25) is 0 Å². The number of carbonyl (C=O) groups is 1. The second-order valence-electron chi connectivity index (χ2n) is 7.90. The number of nitrogens with one attached hydrogen (secondary N) is 2. The van der Waals surface area contributed by atoms with Gasteiger partial charge >= 0.3 is 0 Å². The molecule has 0 aliphatic rings. The molecule has 1 atom stereocenters. The van der Waals surface area contributed by atoms with Crippen LogP contribution in [0.5, 0.6) is 0 Å². The molecule has 4 aromatic rings. The summed E-state index contributed by atoms with van der Waals surface area (Å²) in [5, 5.41) is 10.5. The van der Waals surface area contributed by atoms with E-state index in [0.717, 1.165) is 33.3 Å². The number of benzene rings is 3. The Bertz CT molecular complexity index is 1200. The number of aromatic nitrogens is 1. The Labute approximate surface area is 198 Å². The molecule has 2 N–H and O–H groups in total. The lowest BCUT2D eigenvalue weighted by Crippen LogP contribution is -2.13. The Morgan fingerprint density at radius 3 is 2.30 bits per heavy atom. The highest BCUT2D eigenvalue weighted by atomic mass is 32.2. The van der Waals surface area contributed by atoms with Crippen molar-refractivity contribution in [2.24, 2.45) is 0 Å². The minimum absolute atomic E-state index is 0.129. The molecule has 1 amide bonds. The van der Waals surface area contributed by atoms with Gasteiger partial charge in [0.15, 0.2) is 0 Å². The number of nitrogens with zero attached hydrogens (tertiary/aromatic N) is 1. The predicted octanol–water partition coefficient (Wildman–Crippen LogP) is 7.01. The van der Waals surface area contributed by atoms with Crippen LogP contribution in [0.4, 0.5) is 11.4 Å². The molecule has 0 fully saturated rings. The van der Waals surface area contributed by atoms with Gasteiger partial charge in [-0.3, -0.25) is 4.79 Å². The van der Waals surface area contributed by atoms with Crippen molar-refractivity contribution < 1.29 is 9.32 Å². The van der Waals surface area contributed by atoms with Crippen molar-refractivity contribution in [3.63, 3.8) is 0 Å². The van der Waals surface area contributed by atoms with Gasteiger partial charge in [-0.2, -0.15) is 0 Å². The van der Waals surface area contributed by atoms with E-state index in [1.165, 1.54) is 5.56 Å². The van der Waals surface area contributed by atoms with E-state index in [9.17, 15) is 4.79 Å². The van der Waals surface area contributed by atoms with E-state index in [-0.39, 0.29) is 11.9 Å². The van der Waals surface area contributed by atoms with E-state index < -0.39 is 0 Å². The molecule has 0 saturated carbocycles. The molecule has 5 nitrogen and oxygen atoms in total. The van der Waals surface area contributed by atoms with Crippen LogP contribution in [0.15, 0.2) is 88.3 Å². The lowest BCUT2D eigenvalue weighted by atomic mass is 10.1. The monoisotopic (exact) mass is 457 g/mol. The summed E-state index contributed by atoms with van der Waals surface area (Å²) in [5.74, 6) is 1.39. The minimum Gasteiger partial charge on any atom is -0.379 e. The number of thioether (sulfide) groups is 1. The van der Waals surface area contributed by atoms with E-state index in [2.05, 4.69) is 34.8 Å². The van der Waals surface area contributed by atoms with Crippen molar-refractivity contribution in [3.05, 3.63) is 107 Å². The quantitative estimate of drug-likeness (QED) is 0.279. The summed E-state index contributed by atoms with van der Waals surface area (Å²) in [6.45, 7) is 5.97. The van der Waals surface area contributed by atoms with Crippen LogP contribution in [0.3, 0.4) is 0 Å². The van der Waals surface area contributed by atoms with Gasteiger partial charge in [0.05, 0.1) is 11.3 Å². The van der Waals surface area contributed by atoms with Gasteiger partial charge in [-0.05, 0) is 62.7 Å². The molecule has 0 aliphatic carbocycles. The van der Waals surface area contributed by atoms with Gasteiger partial charge < -0.3 is 15.2 Å². The van der Waals surface area contributed by atoms with Crippen molar-refractivity contribution in [2.45, 2.75) is 37.5 Å². The molecule has 0 spiro atoms. The number of anilines is 2. The largest absolute Gasteiger partial charge is 0.379 e. The molecular weight excluding hydrogens is 430 g/mol. The zero-order valence-electron chi connectivity index (χ0n) is 19.0. The minimum atomic E-state index is -0.129. The Kier molecular flexibility index (Phi) is 7.15. The first-order valence-corrected chi connectivity index (χ1v) is 11.9. The van der Waals surface area contributed by atoms with E-state index in [0.29, 0.717) is 11.3 Å². The van der Waals surface area contributed by atoms with Gasteiger partial charge in [0.1, 0.15) is 5.76 Å². The molecular formula is C27H27N3O2S. The Balaban J connectivity index is 1.40. The van der Waals surface area contributed by atoms with Gasteiger partial charge in [-0.1, -0.05) is 47.6 Å². The fourth-order valence-corrected chi connectivity index (χ4v) is 4.76. The van der Waals surface area contributed by atoms with Crippen LogP contribution in [0, 0.1) is 13.8 Å². The van der Waals surface area contributed by atoms with Gasteiger partial charge in [0, 0.05) is 33.6 Å². The van der Waals surface area contributed by atoms with Crippen molar-refractivity contribution in [1.29, 1.82) is 0 Å². The summed E-state index contributed by atoms with van der Waals surface area (Å²) in [6, 6.07) is 25.9. The topological polar surface area (TPSA) is 67.2 Å². The number of aryl methyl sites for hydroxylation is 2. The van der Waals surface area contributed by atoms with Crippen LogP contribution in [0.2, 0.25) is 0 Å². The van der Waals surface area contributed by atoms with E-state index >= 15 is 0 Å².